The molecule has 3 aliphatic rings. The van der Waals surface area contributed by atoms with E-state index in [-0.39, 0.29) is 0 Å². The second-order valence-corrected chi connectivity index (χ2v) is 8.59. The van der Waals surface area contributed by atoms with Crippen molar-refractivity contribution in [1.82, 2.24) is 4.90 Å². The van der Waals surface area contributed by atoms with Gasteiger partial charge in [-0.15, -0.1) is 0 Å². The fraction of sp³-hybridized carbons (Fsp3) is 0.944. The molecule has 0 spiro atoms. The Bertz CT molecular complexity index is 382. The smallest absolute Gasteiger partial charge is 0.191 e. The Hall–Kier alpha value is -0.730. The highest BCUT2D eigenvalue weighted by Crippen LogP contribution is 2.42. The SMILES string of the molecule is CC(C)(C)C1CCC(C2CN=C(N)N2C2CCCC2)CC1. The second-order valence-electron chi connectivity index (χ2n) is 8.59. The molecule has 2 aliphatic carbocycles. The van der Waals surface area contributed by atoms with Gasteiger partial charge < -0.3 is 10.6 Å². The van der Waals surface area contributed by atoms with Gasteiger partial charge in [-0.2, -0.15) is 0 Å². The van der Waals surface area contributed by atoms with E-state index in [1.54, 1.807) is 0 Å². The summed E-state index contributed by atoms with van der Waals surface area (Å²) in [7, 11) is 0. The summed E-state index contributed by atoms with van der Waals surface area (Å²) in [6.07, 6.45) is 10.9. The molecule has 3 heteroatoms. The fourth-order valence-corrected chi connectivity index (χ4v) is 4.91. The third-order valence-electron chi connectivity index (χ3n) is 6.32. The predicted molar refractivity (Wildman–Crippen MR) is 89.3 cm³/mol. The van der Waals surface area contributed by atoms with E-state index in [0.717, 1.165) is 24.3 Å². The molecule has 1 atom stereocenters. The first kappa shape index (κ1) is 15.2. The van der Waals surface area contributed by atoms with Crippen molar-refractivity contribution in [2.24, 2.45) is 28.0 Å². The van der Waals surface area contributed by atoms with Gasteiger partial charge in [-0.1, -0.05) is 33.6 Å². The minimum Gasteiger partial charge on any atom is -0.370 e. The first-order valence-electron chi connectivity index (χ1n) is 9.05. The Kier molecular flexibility index (Phi) is 4.20. The number of aliphatic imine (C=N–C) groups is 1. The summed E-state index contributed by atoms with van der Waals surface area (Å²) < 4.78 is 0. The number of guanidine groups is 1. The van der Waals surface area contributed by atoms with Crippen LogP contribution in [0.1, 0.15) is 72.1 Å². The largest absolute Gasteiger partial charge is 0.370 e. The lowest BCUT2D eigenvalue weighted by Gasteiger charge is -2.42. The Morgan fingerprint density at radius 3 is 2.19 bits per heavy atom. The summed E-state index contributed by atoms with van der Waals surface area (Å²) in [6.45, 7) is 8.16. The zero-order chi connectivity index (χ0) is 15.0. The minimum absolute atomic E-state index is 0.474. The van der Waals surface area contributed by atoms with Gasteiger partial charge in [0.2, 0.25) is 0 Å². The van der Waals surface area contributed by atoms with E-state index in [2.05, 4.69) is 30.7 Å². The van der Waals surface area contributed by atoms with Crippen molar-refractivity contribution >= 4 is 5.96 Å². The van der Waals surface area contributed by atoms with Crippen molar-refractivity contribution in [3.63, 3.8) is 0 Å². The molecule has 0 aromatic heterocycles. The first-order valence-corrected chi connectivity index (χ1v) is 9.05. The molecule has 120 valence electrons. The lowest BCUT2D eigenvalue weighted by molar-refractivity contribution is 0.104. The molecule has 1 heterocycles. The molecule has 1 unspecified atom stereocenters. The number of rotatable bonds is 2. The summed E-state index contributed by atoms with van der Waals surface area (Å²) >= 11 is 0. The monoisotopic (exact) mass is 291 g/mol. The molecule has 3 rings (SSSR count). The zero-order valence-corrected chi connectivity index (χ0v) is 14.1. The average Bonchev–Trinajstić information content (AvgIpc) is 3.06. The highest BCUT2D eigenvalue weighted by molar-refractivity contribution is 5.80. The van der Waals surface area contributed by atoms with E-state index in [1.165, 1.54) is 51.4 Å². The van der Waals surface area contributed by atoms with Crippen LogP contribution in [0.15, 0.2) is 4.99 Å². The lowest BCUT2D eigenvalue weighted by Crippen LogP contribution is -2.50. The molecule has 2 saturated carbocycles. The van der Waals surface area contributed by atoms with Crippen LogP contribution in [0.5, 0.6) is 0 Å². The summed E-state index contributed by atoms with van der Waals surface area (Å²) in [5.41, 5.74) is 6.70. The minimum atomic E-state index is 0.474. The molecular weight excluding hydrogens is 258 g/mol. The maximum absolute atomic E-state index is 6.23. The van der Waals surface area contributed by atoms with Gasteiger partial charge >= 0.3 is 0 Å². The van der Waals surface area contributed by atoms with Gasteiger partial charge in [-0.05, 0) is 55.8 Å². The molecule has 0 aromatic carbocycles. The second kappa shape index (κ2) is 5.81. The molecule has 21 heavy (non-hydrogen) atoms. The van der Waals surface area contributed by atoms with Crippen LogP contribution in [0.2, 0.25) is 0 Å². The molecular formula is C18H33N3. The Morgan fingerprint density at radius 2 is 1.62 bits per heavy atom. The third-order valence-corrected chi connectivity index (χ3v) is 6.32. The molecule has 1 aliphatic heterocycles. The van der Waals surface area contributed by atoms with Crippen molar-refractivity contribution < 1.29 is 0 Å². The predicted octanol–water partition coefficient (Wildman–Crippen LogP) is 3.78. The summed E-state index contributed by atoms with van der Waals surface area (Å²) in [5, 5.41) is 0. The van der Waals surface area contributed by atoms with Gasteiger partial charge in [0.15, 0.2) is 5.96 Å². The van der Waals surface area contributed by atoms with E-state index in [0.29, 0.717) is 17.5 Å². The van der Waals surface area contributed by atoms with Crippen molar-refractivity contribution in [1.29, 1.82) is 0 Å². The highest BCUT2D eigenvalue weighted by Gasteiger charge is 2.40. The lowest BCUT2D eigenvalue weighted by atomic mass is 9.68. The molecule has 0 radical (unpaired) electrons. The van der Waals surface area contributed by atoms with Crippen molar-refractivity contribution in [2.45, 2.75) is 84.2 Å². The van der Waals surface area contributed by atoms with Crippen LogP contribution >= 0.6 is 0 Å². The maximum atomic E-state index is 6.23. The first-order chi connectivity index (χ1) is 9.97. The zero-order valence-electron chi connectivity index (χ0n) is 14.1. The van der Waals surface area contributed by atoms with Gasteiger partial charge in [0.25, 0.3) is 0 Å². The van der Waals surface area contributed by atoms with Crippen molar-refractivity contribution in [3.05, 3.63) is 0 Å². The molecule has 2 N–H and O–H groups in total. The van der Waals surface area contributed by atoms with Crippen LogP contribution in [-0.2, 0) is 0 Å². The third kappa shape index (κ3) is 3.07. The van der Waals surface area contributed by atoms with Gasteiger partial charge in [-0.25, -0.2) is 0 Å². The van der Waals surface area contributed by atoms with E-state index in [1.807, 2.05) is 0 Å². The molecule has 0 saturated heterocycles. The van der Waals surface area contributed by atoms with Gasteiger partial charge in [0, 0.05) is 6.04 Å². The quantitative estimate of drug-likeness (QED) is 0.841. The van der Waals surface area contributed by atoms with E-state index in [9.17, 15) is 0 Å². The normalized spacial score (nSPS) is 35.3. The van der Waals surface area contributed by atoms with Crippen LogP contribution in [-0.4, -0.2) is 29.5 Å². The Balaban J connectivity index is 1.62. The molecule has 0 amide bonds. The maximum Gasteiger partial charge on any atom is 0.191 e. The van der Waals surface area contributed by atoms with Crippen LogP contribution in [0.25, 0.3) is 0 Å². The Labute approximate surface area is 130 Å². The number of nitrogens with two attached hydrogens (primary N) is 1. The van der Waals surface area contributed by atoms with Gasteiger partial charge in [-0.3, -0.25) is 4.99 Å². The van der Waals surface area contributed by atoms with Crippen LogP contribution < -0.4 is 5.73 Å². The van der Waals surface area contributed by atoms with Crippen molar-refractivity contribution in [2.75, 3.05) is 6.54 Å². The topological polar surface area (TPSA) is 41.6 Å². The number of nitrogens with zero attached hydrogens (tertiary/aromatic N) is 2. The summed E-state index contributed by atoms with van der Waals surface area (Å²) in [6, 6.07) is 1.29. The van der Waals surface area contributed by atoms with Gasteiger partial charge in [0.05, 0.1) is 12.6 Å². The Morgan fingerprint density at radius 1 is 1.00 bits per heavy atom. The van der Waals surface area contributed by atoms with Crippen LogP contribution in [0, 0.1) is 17.3 Å². The molecule has 0 aromatic rings. The van der Waals surface area contributed by atoms with E-state index >= 15 is 0 Å². The number of hydrogen-bond acceptors (Lipinski definition) is 3. The van der Waals surface area contributed by atoms with Crippen LogP contribution in [0.3, 0.4) is 0 Å². The number of hydrogen-bond donors (Lipinski definition) is 1. The van der Waals surface area contributed by atoms with Gasteiger partial charge in [0.1, 0.15) is 0 Å². The van der Waals surface area contributed by atoms with E-state index in [4.69, 9.17) is 5.73 Å². The standard InChI is InChI=1S/C18H33N3/c1-18(2,3)14-10-8-13(9-11-14)16-12-20-17(19)21(16)15-6-4-5-7-15/h13-16H,4-12H2,1-3H3,(H2,19,20). The summed E-state index contributed by atoms with van der Waals surface area (Å²) in [5.74, 6) is 2.55. The molecule has 2 fully saturated rings. The van der Waals surface area contributed by atoms with Crippen LogP contribution in [0.4, 0.5) is 0 Å². The van der Waals surface area contributed by atoms with Crippen molar-refractivity contribution in [3.8, 4) is 0 Å². The summed E-state index contributed by atoms with van der Waals surface area (Å²) in [4.78, 5) is 7.13. The average molecular weight is 291 g/mol. The molecule has 3 nitrogen and oxygen atoms in total. The molecule has 0 bridgehead atoms. The fourth-order valence-electron chi connectivity index (χ4n) is 4.91. The highest BCUT2D eigenvalue weighted by atomic mass is 15.3. The van der Waals surface area contributed by atoms with E-state index < -0.39 is 0 Å².